The van der Waals surface area contributed by atoms with Crippen molar-refractivity contribution in [1.29, 1.82) is 0 Å². The third-order valence-corrected chi connectivity index (χ3v) is 14.9. The Labute approximate surface area is 388 Å². The van der Waals surface area contributed by atoms with E-state index in [4.69, 9.17) is 9.57 Å². The molecule has 66 heavy (non-hydrogen) atoms. The van der Waals surface area contributed by atoms with Crippen molar-refractivity contribution in [2.45, 2.75) is 141 Å². The summed E-state index contributed by atoms with van der Waals surface area (Å²) in [4.78, 5) is 57.2. The highest BCUT2D eigenvalue weighted by Crippen LogP contribution is 2.49. The molecule has 15 heteroatoms. The second-order valence-corrected chi connectivity index (χ2v) is 20.8. The number of phenolic OH excluding ortho intramolecular Hbond substituents is 1. The van der Waals surface area contributed by atoms with Gasteiger partial charge in [-0.3, -0.25) is 18.9 Å². The van der Waals surface area contributed by atoms with Gasteiger partial charge in [0.1, 0.15) is 18.0 Å². The van der Waals surface area contributed by atoms with E-state index in [9.17, 15) is 37.3 Å². The average molecular weight is 924 g/mol. The number of rotatable bonds is 15. The van der Waals surface area contributed by atoms with E-state index in [1.54, 1.807) is 6.07 Å². The minimum Gasteiger partial charge on any atom is -0.507 e. The minimum absolute atomic E-state index is 0.0292. The zero-order valence-electron chi connectivity index (χ0n) is 39.6. The van der Waals surface area contributed by atoms with Crippen molar-refractivity contribution in [3.05, 3.63) is 99.3 Å². The van der Waals surface area contributed by atoms with E-state index < -0.39 is 38.9 Å². The Bertz CT molecular complexity index is 2720. The van der Waals surface area contributed by atoms with Crippen molar-refractivity contribution in [3.63, 3.8) is 0 Å². The van der Waals surface area contributed by atoms with E-state index in [2.05, 4.69) is 65.9 Å². The number of hydroxylamine groups is 2. The SMILES string of the molecule is Cc1ccc2c(c1)C(C)(C)C(=CC=CC1=[N+](CCCCCC(=O)ON3C(=O)CCC3=O)c3ccc(S(=O)(=O)O)cc3C1(C)C)N2CCCNC(=O)C1(C)CCc2c(C)c(O)c(C)c(C)c2O1. The van der Waals surface area contributed by atoms with Gasteiger partial charge in [-0.2, -0.15) is 13.0 Å². The highest BCUT2D eigenvalue weighted by molar-refractivity contribution is 7.85. The number of unbranched alkanes of at least 4 members (excludes halogenated alkanes) is 2. The van der Waals surface area contributed by atoms with Crippen LogP contribution in [0, 0.1) is 27.7 Å². The summed E-state index contributed by atoms with van der Waals surface area (Å²) < 4.78 is 43.1. The van der Waals surface area contributed by atoms with E-state index in [0.717, 1.165) is 56.2 Å². The summed E-state index contributed by atoms with van der Waals surface area (Å²) in [5, 5.41) is 14.3. The fraction of sp³-hybridized carbons (Fsp3) is 0.471. The van der Waals surface area contributed by atoms with Crippen LogP contribution < -0.4 is 15.0 Å². The highest BCUT2D eigenvalue weighted by atomic mass is 32.2. The van der Waals surface area contributed by atoms with Gasteiger partial charge in [-0.1, -0.05) is 37.6 Å². The Balaban J connectivity index is 1.09. The molecule has 7 rings (SSSR count). The number of amides is 3. The standard InChI is InChI=1S/C51H62N4O10S/c1-31-18-20-39-37(29-31)49(5,6)41(54(39)28-14-26-52-48(60)51(9)25-24-36-34(4)46(59)32(2)33(3)47(36)64-51)15-13-16-42-50(7,8)38-30-35(66(61,62)63)19-21-40(38)53(42)27-12-10-11-17-45(58)65-55-43(56)22-23-44(55)57/h13,15-16,18-21,29-30H,10-12,14,17,22-28H2,1-9H3,(H2-,52,59,60,61,62,63)/p+1. The van der Waals surface area contributed by atoms with E-state index >= 15 is 0 Å². The largest absolute Gasteiger partial charge is 0.507 e. The Morgan fingerprint density at radius 3 is 2.29 bits per heavy atom. The average Bonchev–Trinajstić information content (AvgIpc) is 3.77. The van der Waals surface area contributed by atoms with Crippen LogP contribution in [0.5, 0.6) is 11.5 Å². The molecule has 4 heterocycles. The zero-order valence-corrected chi connectivity index (χ0v) is 40.4. The van der Waals surface area contributed by atoms with Crippen molar-refractivity contribution in [2.75, 3.05) is 24.5 Å². The maximum atomic E-state index is 13.8. The first kappa shape index (κ1) is 48.1. The van der Waals surface area contributed by atoms with Gasteiger partial charge in [-0.15, -0.1) is 5.06 Å². The first-order valence-corrected chi connectivity index (χ1v) is 24.3. The Hall–Kier alpha value is -5.80. The fourth-order valence-corrected chi connectivity index (χ4v) is 10.4. The summed E-state index contributed by atoms with van der Waals surface area (Å²) in [5.74, 6) is -0.893. The number of imide groups is 1. The number of hydrogen-bond donors (Lipinski definition) is 3. The monoisotopic (exact) mass is 923 g/mol. The molecule has 1 saturated heterocycles. The number of aryl methyl sites for hydroxylation is 1. The van der Waals surface area contributed by atoms with Crippen LogP contribution in [0.4, 0.5) is 11.4 Å². The molecule has 0 spiro atoms. The van der Waals surface area contributed by atoms with Gasteiger partial charge >= 0.3 is 5.97 Å². The third kappa shape index (κ3) is 9.03. The predicted molar refractivity (Wildman–Crippen MR) is 251 cm³/mol. The number of hydrogen-bond acceptors (Lipinski definition) is 10. The van der Waals surface area contributed by atoms with Gasteiger partial charge in [0.05, 0.1) is 10.3 Å². The van der Waals surface area contributed by atoms with Crippen LogP contribution in [-0.2, 0) is 51.4 Å². The number of phenols is 1. The summed E-state index contributed by atoms with van der Waals surface area (Å²) in [6.45, 7) is 19.6. The second-order valence-electron chi connectivity index (χ2n) is 19.4. The van der Waals surface area contributed by atoms with Gasteiger partial charge in [0.2, 0.25) is 5.69 Å². The number of carbonyl (C=O) groups excluding carboxylic acids is 4. The molecular formula is C51H63N4O10S+. The molecule has 3 aromatic rings. The van der Waals surface area contributed by atoms with Gasteiger partial charge in [-0.25, -0.2) is 4.79 Å². The van der Waals surface area contributed by atoms with E-state index in [1.807, 2.05) is 47.6 Å². The molecule has 4 aliphatic heterocycles. The normalized spacial score (nSPS) is 20.2. The Morgan fingerprint density at radius 2 is 1.59 bits per heavy atom. The van der Waals surface area contributed by atoms with E-state index in [-0.39, 0.29) is 41.2 Å². The first-order valence-electron chi connectivity index (χ1n) is 22.9. The van der Waals surface area contributed by atoms with Crippen LogP contribution in [0.2, 0.25) is 0 Å². The number of nitrogens with zero attached hydrogens (tertiary/aromatic N) is 3. The number of anilines is 1. The van der Waals surface area contributed by atoms with E-state index in [0.29, 0.717) is 69.0 Å². The zero-order chi connectivity index (χ0) is 48.1. The van der Waals surface area contributed by atoms with Crippen LogP contribution in [0.15, 0.2) is 65.2 Å². The van der Waals surface area contributed by atoms with E-state index in [1.165, 1.54) is 17.7 Å². The molecule has 4 aliphatic rings. The lowest BCUT2D eigenvalue weighted by Gasteiger charge is -2.36. The maximum Gasteiger partial charge on any atom is 0.333 e. The van der Waals surface area contributed by atoms with Gasteiger partial charge in [-0.05, 0) is 121 Å². The lowest BCUT2D eigenvalue weighted by molar-refractivity contribution is -0.438. The molecule has 0 aromatic heterocycles. The topological polar surface area (TPSA) is 183 Å². The smallest absolute Gasteiger partial charge is 0.333 e. The number of nitrogens with one attached hydrogen (secondary N) is 1. The van der Waals surface area contributed by atoms with Gasteiger partial charge in [0.15, 0.2) is 11.3 Å². The Kier molecular flexibility index (Phi) is 13.2. The molecule has 0 radical (unpaired) electrons. The first-order chi connectivity index (χ1) is 31.0. The predicted octanol–water partition coefficient (Wildman–Crippen LogP) is 7.94. The Morgan fingerprint density at radius 1 is 0.879 bits per heavy atom. The van der Waals surface area contributed by atoms with Crippen molar-refractivity contribution in [3.8, 4) is 11.5 Å². The molecule has 1 fully saturated rings. The summed E-state index contributed by atoms with van der Waals surface area (Å²) in [7, 11) is -4.46. The van der Waals surface area contributed by atoms with Crippen molar-refractivity contribution in [1.82, 2.24) is 10.4 Å². The molecular weight excluding hydrogens is 861 g/mol. The van der Waals surface area contributed by atoms with Gasteiger partial charge < -0.3 is 24.9 Å². The molecule has 3 N–H and O–H groups in total. The number of allylic oxidation sites excluding steroid dienone is 4. The van der Waals surface area contributed by atoms with Gasteiger partial charge in [0.25, 0.3) is 27.8 Å². The van der Waals surface area contributed by atoms with Crippen molar-refractivity contribution < 1.29 is 51.4 Å². The lowest BCUT2D eigenvalue weighted by Crippen LogP contribution is -2.51. The number of aromatic hydroxyl groups is 1. The maximum absolute atomic E-state index is 13.8. The quantitative estimate of drug-likeness (QED) is 0.0582. The number of fused-ring (bicyclic) bond motifs is 3. The molecule has 352 valence electrons. The molecule has 3 aromatic carbocycles. The molecule has 14 nitrogen and oxygen atoms in total. The van der Waals surface area contributed by atoms with Crippen molar-refractivity contribution >= 4 is 50.9 Å². The highest BCUT2D eigenvalue weighted by Gasteiger charge is 2.46. The fourth-order valence-electron chi connectivity index (χ4n) is 9.87. The molecule has 1 atom stereocenters. The summed E-state index contributed by atoms with van der Waals surface area (Å²) in [6, 6.07) is 11.1. The number of ether oxygens (including phenoxy) is 1. The van der Waals surface area contributed by atoms with Gasteiger partial charge in [0, 0.05) is 85.3 Å². The molecule has 3 amide bonds. The molecule has 0 aliphatic carbocycles. The van der Waals surface area contributed by atoms with Crippen LogP contribution in [-0.4, -0.2) is 82.4 Å². The minimum atomic E-state index is -4.46. The number of benzene rings is 3. The molecule has 0 saturated carbocycles. The molecule has 1 unspecified atom stereocenters. The van der Waals surface area contributed by atoms with Crippen molar-refractivity contribution in [2.24, 2.45) is 0 Å². The summed E-state index contributed by atoms with van der Waals surface area (Å²) in [5.41, 5.74) is 8.27. The third-order valence-electron chi connectivity index (χ3n) is 14.0. The second kappa shape index (κ2) is 18.1. The summed E-state index contributed by atoms with van der Waals surface area (Å²) >= 11 is 0. The van der Waals surface area contributed by atoms with Crippen LogP contribution in [0.25, 0.3) is 0 Å². The summed E-state index contributed by atoms with van der Waals surface area (Å²) in [6.07, 6.45) is 9.86. The van der Waals surface area contributed by atoms with Crippen LogP contribution in [0.1, 0.15) is 125 Å². The molecule has 0 bridgehead atoms. The lowest BCUT2D eigenvalue weighted by atomic mass is 9.81. The van der Waals surface area contributed by atoms with Crippen LogP contribution in [0.3, 0.4) is 0 Å². The number of carbonyl (C=O) groups is 4. The van der Waals surface area contributed by atoms with Crippen LogP contribution >= 0.6 is 0 Å².